The third-order valence-corrected chi connectivity index (χ3v) is 5.84. The Bertz CT molecular complexity index is 1200. The van der Waals surface area contributed by atoms with Gasteiger partial charge < -0.3 is 10.1 Å². The van der Waals surface area contributed by atoms with Crippen LogP contribution in [0.15, 0.2) is 53.6 Å². The molecule has 9 heteroatoms. The number of hydrogen-bond donors (Lipinski definition) is 1. The lowest BCUT2D eigenvalue weighted by Gasteiger charge is -2.28. The fourth-order valence-electron chi connectivity index (χ4n) is 3.99. The molecule has 3 aromatic rings. The highest BCUT2D eigenvalue weighted by Gasteiger charge is 2.28. The minimum atomic E-state index is -0.589. The van der Waals surface area contributed by atoms with Crippen LogP contribution in [0.3, 0.4) is 0 Å². The van der Waals surface area contributed by atoms with Crippen molar-refractivity contribution >= 4 is 23.5 Å². The molecule has 2 aromatic heterocycles. The standard InChI is InChI=1S/C23H22ClFN4O3/c1-32-22(31)15-5-2-6-17(10-15)27-23-26-13-19(24)21(28-23)14-4-3-7-18(11-14)29-9-8-16(25)12-20(29)30/h3-4,7-9,11-13,15,17H,2,5-6,10H2,1H3,(H,26,27,28)/t15-,17+/m1/s1. The molecule has 1 aliphatic carbocycles. The largest absolute Gasteiger partial charge is 0.469 e. The van der Waals surface area contributed by atoms with E-state index in [9.17, 15) is 14.0 Å². The van der Waals surface area contributed by atoms with Crippen LogP contribution < -0.4 is 10.9 Å². The van der Waals surface area contributed by atoms with Gasteiger partial charge in [0.05, 0.1) is 29.9 Å². The first-order valence-corrected chi connectivity index (χ1v) is 10.7. The normalized spacial score (nSPS) is 18.2. The molecule has 1 N–H and O–H groups in total. The maximum absolute atomic E-state index is 13.3. The van der Waals surface area contributed by atoms with E-state index in [4.69, 9.17) is 16.3 Å². The Morgan fingerprint density at radius 1 is 1.28 bits per heavy atom. The zero-order valence-corrected chi connectivity index (χ0v) is 18.2. The van der Waals surface area contributed by atoms with Crippen LogP contribution in [0.5, 0.6) is 0 Å². The van der Waals surface area contributed by atoms with Crippen LogP contribution in [0, 0.1) is 11.7 Å². The number of ether oxygens (including phenoxy) is 1. The van der Waals surface area contributed by atoms with Crippen molar-refractivity contribution in [2.45, 2.75) is 31.7 Å². The Morgan fingerprint density at radius 2 is 2.12 bits per heavy atom. The first-order chi connectivity index (χ1) is 15.4. The number of halogens is 2. The van der Waals surface area contributed by atoms with E-state index in [0.717, 1.165) is 25.3 Å². The average molecular weight is 457 g/mol. The Kier molecular flexibility index (Phi) is 6.50. The van der Waals surface area contributed by atoms with Crippen LogP contribution in [-0.2, 0) is 9.53 Å². The second-order valence-corrected chi connectivity index (χ2v) is 8.13. The zero-order valence-electron chi connectivity index (χ0n) is 17.4. The summed E-state index contributed by atoms with van der Waals surface area (Å²) >= 11 is 6.38. The highest BCUT2D eigenvalue weighted by Crippen LogP contribution is 2.30. The van der Waals surface area contributed by atoms with Gasteiger partial charge in [0.15, 0.2) is 0 Å². The fraction of sp³-hybridized carbons (Fsp3) is 0.304. The highest BCUT2D eigenvalue weighted by atomic mass is 35.5. The molecular weight excluding hydrogens is 435 g/mol. The number of pyridine rings is 1. The molecule has 4 rings (SSSR count). The summed E-state index contributed by atoms with van der Waals surface area (Å²) in [5.74, 6) is -0.510. The van der Waals surface area contributed by atoms with Gasteiger partial charge in [-0.2, -0.15) is 0 Å². The number of anilines is 1. The Morgan fingerprint density at radius 3 is 2.91 bits per heavy atom. The number of carbonyl (C=O) groups excluding carboxylic acids is 1. The topological polar surface area (TPSA) is 86.1 Å². The monoisotopic (exact) mass is 456 g/mol. The molecule has 7 nitrogen and oxygen atoms in total. The summed E-state index contributed by atoms with van der Waals surface area (Å²) in [6.07, 6.45) is 6.17. The van der Waals surface area contributed by atoms with E-state index in [1.165, 1.54) is 30.1 Å². The summed E-state index contributed by atoms with van der Waals surface area (Å²) < 4.78 is 19.5. The maximum Gasteiger partial charge on any atom is 0.308 e. The van der Waals surface area contributed by atoms with Gasteiger partial charge in [-0.25, -0.2) is 14.4 Å². The van der Waals surface area contributed by atoms with E-state index >= 15 is 0 Å². The van der Waals surface area contributed by atoms with E-state index in [-0.39, 0.29) is 17.9 Å². The van der Waals surface area contributed by atoms with Gasteiger partial charge >= 0.3 is 5.97 Å². The Balaban J connectivity index is 1.59. The molecule has 0 spiro atoms. The molecule has 1 saturated carbocycles. The van der Waals surface area contributed by atoms with E-state index in [1.54, 1.807) is 18.2 Å². The lowest BCUT2D eigenvalue weighted by atomic mass is 9.86. The van der Waals surface area contributed by atoms with Gasteiger partial charge in [-0.1, -0.05) is 30.2 Å². The third-order valence-electron chi connectivity index (χ3n) is 5.57. The van der Waals surface area contributed by atoms with Gasteiger partial charge in [-0.3, -0.25) is 14.2 Å². The number of methoxy groups -OCH3 is 1. The van der Waals surface area contributed by atoms with Crippen LogP contribution in [0.4, 0.5) is 10.3 Å². The van der Waals surface area contributed by atoms with Gasteiger partial charge in [0.25, 0.3) is 5.56 Å². The SMILES string of the molecule is COC(=O)[C@@H]1CCC[C@H](Nc2ncc(Cl)c(-c3cccc(-n4ccc(F)cc4=O)c3)n2)C1. The zero-order chi connectivity index (χ0) is 22.7. The molecule has 1 aromatic carbocycles. The molecule has 1 fully saturated rings. The second kappa shape index (κ2) is 9.48. The van der Waals surface area contributed by atoms with Gasteiger partial charge in [0, 0.05) is 29.6 Å². The molecular formula is C23H22ClFN4O3. The van der Waals surface area contributed by atoms with E-state index in [2.05, 4.69) is 15.3 Å². The predicted octanol–water partition coefficient (Wildman–Crippen LogP) is 4.23. The van der Waals surface area contributed by atoms with Crippen molar-refractivity contribution in [3.63, 3.8) is 0 Å². The second-order valence-electron chi connectivity index (χ2n) is 7.72. The maximum atomic E-state index is 13.3. The quantitative estimate of drug-likeness (QED) is 0.578. The van der Waals surface area contributed by atoms with Crippen molar-refractivity contribution in [2.24, 2.45) is 5.92 Å². The van der Waals surface area contributed by atoms with Crippen LogP contribution >= 0.6 is 11.6 Å². The molecule has 0 unspecified atom stereocenters. The van der Waals surface area contributed by atoms with Crippen molar-refractivity contribution in [1.82, 2.24) is 14.5 Å². The van der Waals surface area contributed by atoms with Gasteiger partial charge in [0.1, 0.15) is 5.82 Å². The van der Waals surface area contributed by atoms with Gasteiger partial charge in [-0.15, -0.1) is 0 Å². The summed E-state index contributed by atoms with van der Waals surface area (Å²) in [4.78, 5) is 32.9. The van der Waals surface area contributed by atoms with Crippen LogP contribution in [-0.4, -0.2) is 33.7 Å². The predicted molar refractivity (Wildman–Crippen MR) is 119 cm³/mol. The molecule has 166 valence electrons. The molecule has 2 heterocycles. The Hall–Kier alpha value is -3.26. The molecule has 32 heavy (non-hydrogen) atoms. The number of rotatable bonds is 5. The summed E-state index contributed by atoms with van der Waals surface area (Å²) in [5.41, 5.74) is 1.27. The minimum Gasteiger partial charge on any atom is -0.469 e. The number of nitrogens with zero attached hydrogens (tertiary/aromatic N) is 3. The molecule has 0 aliphatic heterocycles. The lowest BCUT2D eigenvalue weighted by Crippen LogP contribution is -2.32. The van der Waals surface area contributed by atoms with Gasteiger partial charge in [0.2, 0.25) is 5.95 Å². The first kappa shape index (κ1) is 22.0. The molecule has 1 aliphatic rings. The number of carbonyl (C=O) groups is 1. The number of esters is 1. The summed E-state index contributed by atoms with van der Waals surface area (Å²) in [6, 6.07) is 9.29. The highest BCUT2D eigenvalue weighted by molar-refractivity contribution is 6.32. The summed E-state index contributed by atoms with van der Waals surface area (Å²) in [5, 5.41) is 3.66. The minimum absolute atomic E-state index is 0.0472. The number of nitrogens with one attached hydrogen (secondary N) is 1. The fourth-order valence-corrected chi connectivity index (χ4v) is 4.19. The number of aromatic nitrogens is 3. The van der Waals surface area contributed by atoms with E-state index < -0.39 is 11.4 Å². The smallest absolute Gasteiger partial charge is 0.308 e. The lowest BCUT2D eigenvalue weighted by molar-refractivity contribution is -0.146. The van der Waals surface area contributed by atoms with Crippen LogP contribution in [0.2, 0.25) is 5.02 Å². The van der Waals surface area contributed by atoms with Crippen LogP contribution in [0.1, 0.15) is 25.7 Å². The van der Waals surface area contributed by atoms with Gasteiger partial charge in [-0.05, 0) is 37.5 Å². The van der Waals surface area contributed by atoms with Crippen LogP contribution in [0.25, 0.3) is 16.9 Å². The number of hydrogen-bond acceptors (Lipinski definition) is 6. The molecule has 2 atom stereocenters. The molecule has 0 bridgehead atoms. The molecule has 0 saturated heterocycles. The Labute approximate surface area is 189 Å². The van der Waals surface area contributed by atoms with Crippen molar-refractivity contribution in [2.75, 3.05) is 12.4 Å². The van der Waals surface area contributed by atoms with Crippen molar-refractivity contribution in [3.8, 4) is 16.9 Å². The van der Waals surface area contributed by atoms with E-state index in [0.29, 0.717) is 34.3 Å². The number of benzene rings is 1. The van der Waals surface area contributed by atoms with E-state index in [1.807, 2.05) is 6.07 Å². The first-order valence-electron chi connectivity index (χ1n) is 10.3. The van der Waals surface area contributed by atoms with Crippen molar-refractivity contribution in [1.29, 1.82) is 0 Å². The molecule has 0 amide bonds. The summed E-state index contributed by atoms with van der Waals surface area (Å²) in [6.45, 7) is 0. The van der Waals surface area contributed by atoms with Crippen molar-refractivity contribution < 1.29 is 13.9 Å². The summed E-state index contributed by atoms with van der Waals surface area (Å²) in [7, 11) is 1.40. The van der Waals surface area contributed by atoms with Crippen molar-refractivity contribution in [3.05, 3.63) is 70.0 Å². The average Bonchev–Trinajstić information content (AvgIpc) is 2.80. The molecule has 0 radical (unpaired) electrons. The third kappa shape index (κ3) is 4.80.